The first-order chi connectivity index (χ1) is 21.2. The van der Waals surface area contributed by atoms with Crippen LogP contribution in [-0.2, 0) is 19.3 Å². The number of nitrogens with zero attached hydrogens (tertiary/aromatic N) is 4. The molecule has 0 aliphatic carbocycles. The Morgan fingerprint density at radius 2 is 1.52 bits per heavy atom. The van der Waals surface area contributed by atoms with Crippen molar-refractivity contribution in [2.75, 3.05) is 37.6 Å². The van der Waals surface area contributed by atoms with Crippen molar-refractivity contribution in [2.24, 2.45) is 0 Å². The van der Waals surface area contributed by atoms with Crippen molar-refractivity contribution in [2.45, 2.75) is 26.2 Å². The smallest absolute Gasteiger partial charge is 0.418 e. The van der Waals surface area contributed by atoms with Crippen LogP contribution in [0.2, 0.25) is 0 Å². The number of halogens is 3. The molecule has 1 N–H and O–H groups in total. The standard InChI is InChI=1S/C33H30F3N5O3/c1-20-26(33(34,35)36)16-38-32(29(20)23-14-27-30-28(15-23)44-13-12-37-31(30)40-19-39-27)41(17-21-4-8-24(42-2)9-5-21)18-22-6-10-25(43-3)11-7-22/h4-11,14-16,19H,12-13,17-18H2,1-3H3,(H,37,39,40). The minimum Gasteiger partial charge on any atom is -0.497 e. The third-order valence-electron chi connectivity index (χ3n) is 7.63. The number of hydrogen-bond acceptors (Lipinski definition) is 8. The quantitative estimate of drug-likeness (QED) is 0.203. The molecule has 8 nitrogen and oxygen atoms in total. The van der Waals surface area contributed by atoms with Crippen LogP contribution >= 0.6 is 0 Å². The van der Waals surface area contributed by atoms with E-state index in [4.69, 9.17) is 14.2 Å². The molecule has 0 radical (unpaired) electrons. The number of anilines is 2. The summed E-state index contributed by atoms with van der Waals surface area (Å²) in [6, 6.07) is 18.7. The summed E-state index contributed by atoms with van der Waals surface area (Å²) in [7, 11) is 3.19. The lowest BCUT2D eigenvalue weighted by atomic mass is 9.95. The van der Waals surface area contributed by atoms with Crippen LogP contribution in [0.5, 0.6) is 17.2 Å². The third-order valence-corrected chi connectivity index (χ3v) is 7.63. The van der Waals surface area contributed by atoms with Gasteiger partial charge >= 0.3 is 6.18 Å². The summed E-state index contributed by atoms with van der Waals surface area (Å²) in [5, 5.41) is 3.91. The summed E-state index contributed by atoms with van der Waals surface area (Å²) in [6.45, 7) is 3.12. The molecule has 0 atom stereocenters. The van der Waals surface area contributed by atoms with E-state index in [0.29, 0.717) is 77.2 Å². The highest BCUT2D eigenvalue weighted by molar-refractivity contribution is 5.99. The van der Waals surface area contributed by atoms with E-state index in [1.165, 1.54) is 13.3 Å². The Morgan fingerprint density at radius 1 is 0.886 bits per heavy atom. The Kier molecular flexibility index (Phi) is 7.86. The maximum Gasteiger partial charge on any atom is 0.418 e. The third kappa shape index (κ3) is 5.77. The number of benzene rings is 3. The zero-order valence-corrected chi connectivity index (χ0v) is 24.4. The molecule has 0 spiro atoms. The van der Waals surface area contributed by atoms with Crippen LogP contribution in [0.1, 0.15) is 22.3 Å². The van der Waals surface area contributed by atoms with E-state index in [0.717, 1.165) is 17.3 Å². The van der Waals surface area contributed by atoms with Crippen LogP contribution in [0, 0.1) is 6.92 Å². The number of rotatable bonds is 8. The average molecular weight is 602 g/mol. The Morgan fingerprint density at radius 3 is 2.11 bits per heavy atom. The molecule has 0 fully saturated rings. The predicted octanol–water partition coefficient (Wildman–Crippen LogP) is 7.05. The molecule has 226 valence electrons. The highest BCUT2D eigenvalue weighted by atomic mass is 19.4. The largest absolute Gasteiger partial charge is 0.497 e. The maximum atomic E-state index is 14.3. The molecule has 5 aromatic rings. The van der Waals surface area contributed by atoms with E-state index >= 15 is 0 Å². The number of methoxy groups -OCH3 is 2. The molecule has 0 saturated carbocycles. The lowest BCUT2D eigenvalue weighted by Crippen LogP contribution is -2.25. The van der Waals surface area contributed by atoms with Crippen LogP contribution in [0.4, 0.5) is 24.8 Å². The van der Waals surface area contributed by atoms with Crippen molar-refractivity contribution in [3.8, 4) is 28.4 Å². The van der Waals surface area contributed by atoms with Gasteiger partial charge in [0, 0.05) is 24.8 Å². The van der Waals surface area contributed by atoms with Crippen molar-refractivity contribution in [3.05, 3.63) is 95.4 Å². The van der Waals surface area contributed by atoms with Crippen molar-refractivity contribution in [3.63, 3.8) is 0 Å². The second-order valence-corrected chi connectivity index (χ2v) is 10.4. The molecule has 3 heterocycles. The molecular weight excluding hydrogens is 571 g/mol. The van der Waals surface area contributed by atoms with Gasteiger partial charge in [-0.25, -0.2) is 15.0 Å². The van der Waals surface area contributed by atoms with Crippen LogP contribution in [-0.4, -0.2) is 42.3 Å². The van der Waals surface area contributed by atoms with E-state index in [1.807, 2.05) is 53.4 Å². The van der Waals surface area contributed by atoms with Gasteiger partial charge in [0.05, 0.1) is 37.2 Å². The highest BCUT2D eigenvalue weighted by Gasteiger charge is 2.35. The number of pyridine rings is 1. The SMILES string of the molecule is COc1ccc(CN(Cc2ccc(OC)cc2)c2ncc(C(F)(F)F)c(C)c2-c2cc3c4c(ncnc4c2)NCCO3)cc1. The number of nitrogens with one attached hydrogen (secondary N) is 1. The van der Waals surface area contributed by atoms with Crippen LogP contribution in [0.25, 0.3) is 22.0 Å². The summed E-state index contributed by atoms with van der Waals surface area (Å²) in [6.07, 6.45) is -2.25. The second-order valence-electron chi connectivity index (χ2n) is 10.4. The van der Waals surface area contributed by atoms with E-state index in [1.54, 1.807) is 26.4 Å². The predicted molar refractivity (Wildman–Crippen MR) is 162 cm³/mol. The first-order valence-electron chi connectivity index (χ1n) is 14.0. The Hall–Kier alpha value is -5.06. The van der Waals surface area contributed by atoms with Gasteiger partial charge in [0.15, 0.2) is 0 Å². The number of hydrogen-bond donors (Lipinski definition) is 1. The molecule has 44 heavy (non-hydrogen) atoms. The molecule has 0 unspecified atom stereocenters. The summed E-state index contributed by atoms with van der Waals surface area (Å²) in [4.78, 5) is 15.3. The van der Waals surface area contributed by atoms with Gasteiger partial charge < -0.3 is 24.4 Å². The number of ether oxygens (including phenoxy) is 3. The van der Waals surface area contributed by atoms with Gasteiger partial charge in [-0.2, -0.15) is 13.2 Å². The summed E-state index contributed by atoms with van der Waals surface area (Å²) < 4.78 is 59.6. The Balaban J connectivity index is 1.55. The van der Waals surface area contributed by atoms with E-state index in [9.17, 15) is 13.2 Å². The minimum absolute atomic E-state index is 0.0598. The van der Waals surface area contributed by atoms with Gasteiger partial charge in [0.2, 0.25) is 0 Å². The van der Waals surface area contributed by atoms with Gasteiger partial charge in [0.25, 0.3) is 0 Å². The highest BCUT2D eigenvalue weighted by Crippen LogP contribution is 2.44. The molecule has 2 aromatic heterocycles. The fourth-order valence-electron chi connectivity index (χ4n) is 5.45. The van der Waals surface area contributed by atoms with Gasteiger partial charge in [0.1, 0.15) is 41.8 Å². The lowest BCUT2D eigenvalue weighted by Gasteiger charge is -2.29. The summed E-state index contributed by atoms with van der Waals surface area (Å²) >= 11 is 0. The van der Waals surface area contributed by atoms with Crippen LogP contribution < -0.4 is 24.4 Å². The van der Waals surface area contributed by atoms with Crippen molar-refractivity contribution in [1.82, 2.24) is 15.0 Å². The molecule has 3 aromatic carbocycles. The van der Waals surface area contributed by atoms with Gasteiger partial charge in [-0.3, -0.25) is 0 Å². The molecule has 1 aliphatic heterocycles. The van der Waals surface area contributed by atoms with Crippen LogP contribution in [0.3, 0.4) is 0 Å². The molecule has 6 rings (SSSR count). The number of alkyl halides is 3. The van der Waals surface area contributed by atoms with Crippen molar-refractivity contribution in [1.29, 1.82) is 0 Å². The fourth-order valence-corrected chi connectivity index (χ4v) is 5.45. The zero-order chi connectivity index (χ0) is 30.8. The van der Waals surface area contributed by atoms with Crippen molar-refractivity contribution < 1.29 is 27.4 Å². The van der Waals surface area contributed by atoms with Gasteiger partial charge in [-0.05, 0) is 65.6 Å². The van der Waals surface area contributed by atoms with Crippen molar-refractivity contribution >= 4 is 22.5 Å². The summed E-state index contributed by atoms with van der Waals surface area (Å²) in [5.41, 5.74) is 2.53. The maximum absolute atomic E-state index is 14.3. The van der Waals surface area contributed by atoms with Crippen LogP contribution in [0.15, 0.2) is 73.2 Å². The fraction of sp³-hybridized carbons (Fsp3) is 0.242. The molecular formula is C33H30F3N5O3. The normalized spacial score (nSPS) is 12.7. The van der Waals surface area contributed by atoms with E-state index < -0.39 is 11.7 Å². The Bertz CT molecular complexity index is 1750. The topological polar surface area (TPSA) is 81.6 Å². The molecule has 0 saturated heterocycles. The molecule has 1 aliphatic rings. The number of aromatic nitrogens is 3. The molecule has 11 heteroatoms. The van der Waals surface area contributed by atoms with E-state index in [-0.39, 0.29) is 5.56 Å². The lowest BCUT2D eigenvalue weighted by molar-refractivity contribution is -0.138. The molecule has 0 amide bonds. The average Bonchev–Trinajstić information content (AvgIpc) is 3.24. The Labute approximate surface area is 252 Å². The summed E-state index contributed by atoms with van der Waals surface area (Å²) in [5.74, 6) is 2.93. The van der Waals surface area contributed by atoms with Gasteiger partial charge in [-0.1, -0.05) is 24.3 Å². The monoisotopic (exact) mass is 601 g/mol. The van der Waals surface area contributed by atoms with Gasteiger partial charge in [-0.15, -0.1) is 0 Å². The molecule has 0 bridgehead atoms. The first kappa shape index (κ1) is 29.0. The second kappa shape index (κ2) is 11.9. The first-order valence-corrected chi connectivity index (χ1v) is 14.0. The van der Waals surface area contributed by atoms with E-state index in [2.05, 4.69) is 20.3 Å². The zero-order valence-electron chi connectivity index (χ0n) is 24.4. The minimum atomic E-state index is -4.60.